The average Bonchev–Trinajstić information content (AvgIpc) is 2.43. The van der Waals surface area contributed by atoms with E-state index in [4.69, 9.17) is 11.6 Å². The van der Waals surface area contributed by atoms with Gasteiger partial charge in [-0.15, -0.1) is 0 Å². The SMILES string of the molecule is Cc1cccc(Cl)c1C(=O)c1c(C)c(C)c(C)c(C)c1C. The van der Waals surface area contributed by atoms with Gasteiger partial charge in [0.05, 0.1) is 5.02 Å². The number of ketones is 1. The van der Waals surface area contributed by atoms with E-state index in [9.17, 15) is 4.79 Å². The number of rotatable bonds is 2. The number of hydrogen-bond acceptors (Lipinski definition) is 1. The Kier molecular flexibility index (Phi) is 4.25. The van der Waals surface area contributed by atoms with Crippen molar-refractivity contribution >= 4 is 17.4 Å². The standard InChI is InChI=1S/C19H21ClO/c1-10-8-7-9-16(20)17(10)19(21)18-14(5)12(3)11(2)13(4)15(18)6/h7-9H,1-6H3. The molecular formula is C19H21ClO. The molecule has 0 heterocycles. The number of halogens is 1. The van der Waals surface area contributed by atoms with Crippen LogP contribution in [0, 0.1) is 41.5 Å². The van der Waals surface area contributed by atoms with Crippen LogP contribution in [0.2, 0.25) is 5.02 Å². The van der Waals surface area contributed by atoms with Crippen molar-refractivity contribution in [1.29, 1.82) is 0 Å². The van der Waals surface area contributed by atoms with E-state index in [2.05, 4.69) is 20.8 Å². The van der Waals surface area contributed by atoms with Crippen LogP contribution in [-0.4, -0.2) is 5.78 Å². The third kappa shape index (κ3) is 2.51. The zero-order valence-corrected chi connectivity index (χ0v) is 14.3. The summed E-state index contributed by atoms with van der Waals surface area (Å²) in [6.07, 6.45) is 0. The maximum Gasteiger partial charge on any atom is 0.195 e. The van der Waals surface area contributed by atoms with Gasteiger partial charge in [-0.05, 0) is 81.0 Å². The van der Waals surface area contributed by atoms with Crippen LogP contribution in [0.15, 0.2) is 18.2 Å². The van der Waals surface area contributed by atoms with Crippen LogP contribution in [0.5, 0.6) is 0 Å². The van der Waals surface area contributed by atoms with Crippen molar-refractivity contribution in [2.24, 2.45) is 0 Å². The molecule has 2 heteroatoms. The third-order valence-corrected chi connectivity index (χ3v) is 4.99. The van der Waals surface area contributed by atoms with E-state index in [0.29, 0.717) is 10.6 Å². The summed E-state index contributed by atoms with van der Waals surface area (Å²) in [5, 5.41) is 0.523. The molecule has 0 N–H and O–H groups in total. The molecule has 0 spiro atoms. The van der Waals surface area contributed by atoms with E-state index in [1.165, 1.54) is 16.7 Å². The van der Waals surface area contributed by atoms with Crippen LogP contribution in [0.3, 0.4) is 0 Å². The van der Waals surface area contributed by atoms with Gasteiger partial charge in [-0.2, -0.15) is 0 Å². The lowest BCUT2D eigenvalue weighted by Crippen LogP contribution is -2.12. The van der Waals surface area contributed by atoms with Crippen LogP contribution >= 0.6 is 11.6 Å². The summed E-state index contributed by atoms with van der Waals surface area (Å²) in [6.45, 7) is 12.2. The second-order valence-electron chi connectivity index (χ2n) is 5.76. The highest BCUT2D eigenvalue weighted by atomic mass is 35.5. The fraction of sp³-hybridized carbons (Fsp3) is 0.316. The molecule has 0 fully saturated rings. The molecular weight excluding hydrogens is 280 g/mol. The Morgan fingerprint density at radius 2 is 1.24 bits per heavy atom. The van der Waals surface area contributed by atoms with Gasteiger partial charge in [0.1, 0.15) is 0 Å². The second kappa shape index (κ2) is 5.65. The lowest BCUT2D eigenvalue weighted by Gasteiger charge is -2.19. The first-order valence-electron chi connectivity index (χ1n) is 7.14. The maximum absolute atomic E-state index is 13.1. The molecule has 2 aromatic rings. The maximum atomic E-state index is 13.1. The summed E-state index contributed by atoms with van der Waals surface area (Å²) in [6, 6.07) is 5.58. The number of carbonyl (C=O) groups is 1. The molecule has 2 aromatic carbocycles. The van der Waals surface area contributed by atoms with Crippen molar-refractivity contribution in [3.05, 3.63) is 67.7 Å². The van der Waals surface area contributed by atoms with Gasteiger partial charge >= 0.3 is 0 Å². The van der Waals surface area contributed by atoms with E-state index >= 15 is 0 Å². The first kappa shape index (κ1) is 15.8. The molecule has 0 radical (unpaired) electrons. The molecule has 0 aliphatic carbocycles. The lowest BCUT2D eigenvalue weighted by atomic mass is 9.85. The van der Waals surface area contributed by atoms with E-state index < -0.39 is 0 Å². The van der Waals surface area contributed by atoms with Crippen LogP contribution in [0.25, 0.3) is 0 Å². The summed E-state index contributed by atoms with van der Waals surface area (Å²) >= 11 is 6.27. The molecule has 0 amide bonds. The zero-order chi connectivity index (χ0) is 15.9. The van der Waals surface area contributed by atoms with Crippen LogP contribution in [0.4, 0.5) is 0 Å². The Labute approximate surface area is 132 Å². The lowest BCUT2D eigenvalue weighted by molar-refractivity contribution is 0.103. The predicted octanol–water partition coefficient (Wildman–Crippen LogP) is 5.42. The highest BCUT2D eigenvalue weighted by molar-refractivity contribution is 6.35. The molecule has 2 rings (SSSR count). The quantitative estimate of drug-likeness (QED) is 0.677. The van der Waals surface area contributed by atoms with Crippen molar-refractivity contribution in [3.8, 4) is 0 Å². The van der Waals surface area contributed by atoms with Gasteiger partial charge in [0.25, 0.3) is 0 Å². The van der Waals surface area contributed by atoms with Gasteiger partial charge in [0.15, 0.2) is 5.78 Å². The first-order chi connectivity index (χ1) is 9.77. The van der Waals surface area contributed by atoms with Gasteiger partial charge in [-0.3, -0.25) is 4.79 Å². The van der Waals surface area contributed by atoms with Crippen molar-refractivity contribution in [1.82, 2.24) is 0 Å². The van der Waals surface area contributed by atoms with Crippen LogP contribution in [-0.2, 0) is 0 Å². The van der Waals surface area contributed by atoms with E-state index in [0.717, 1.165) is 22.3 Å². The summed E-state index contributed by atoms with van der Waals surface area (Å²) in [4.78, 5) is 13.1. The molecule has 0 unspecified atom stereocenters. The Hall–Kier alpha value is -1.60. The normalized spacial score (nSPS) is 10.8. The monoisotopic (exact) mass is 300 g/mol. The largest absolute Gasteiger partial charge is 0.289 e. The smallest absolute Gasteiger partial charge is 0.195 e. The minimum atomic E-state index is 0.0271. The Balaban J connectivity index is 2.77. The summed E-state index contributed by atoms with van der Waals surface area (Å²) in [5.74, 6) is 0.0271. The molecule has 0 bridgehead atoms. The van der Waals surface area contributed by atoms with E-state index in [1.54, 1.807) is 6.07 Å². The van der Waals surface area contributed by atoms with Gasteiger partial charge in [0.2, 0.25) is 0 Å². The van der Waals surface area contributed by atoms with E-state index in [-0.39, 0.29) is 5.78 Å². The molecule has 21 heavy (non-hydrogen) atoms. The number of hydrogen-bond donors (Lipinski definition) is 0. The molecule has 1 nitrogen and oxygen atoms in total. The van der Waals surface area contributed by atoms with Gasteiger partial charge in [-0.1, -0.05) is 23.7 Å². The summed E-state index contributed by atoms with van der Waals surface area (Å²) in [5.41, 5.74) is 8.08. The van der Waals surface area contributed by atoms with Gasteiger partial charge in [-0.25, -0.2) is 0 Å². The molecule has 0 aliphatic heterocycles. The minimum Gasteiger partial charge on any atom is -0.289 e. The Bertz CT molecular complexity index is 692. The fourth-order valence-electron chi connectivity index (χ4n) is 2.89. The first-order valence-corrected chi connectivity index (χ1v) is 7.52. The third-order valence-electron chi connectivity index (χ3n) is 4.68. The molecule has 0 saturated carbocycles. The van der Waals surface area contributed by atoms with Crippen molar-refractivity contribution in [2.45, 2.75) is 41.5 Å². The zero-order valence-electron chi connectivity index (χ0n) is 13.5. The van der Waals surface area contributed by atoms with Gasteiger partial charge < -0.3 is 0 Å². The van der Waals surface area contributed by atoms with Gasteiger partial charge in [0, 0.05) is 11.1 Å². The predicted molar refractivity (Wildman–Crippen MR) is 89.7 cm³/mol. The van der Waals surface area contributed by atoms with Crippen molar-refractivity contribution < 1.29 is 4.79 Å². The van der Waals surface area contributed by atoms with Crippen molar-refractivity contribution in [2.75, 3.05) is 0 Å². The number of benzene rings is 2. The highest BCUT2D eigenvalue weighted by Crippen LogP contribution is 2.30. The Morgan fingerprint density at radius 1 is 0.762 bits per heavy atom. The fourth-order valence-corrected chi connectivity index (χ4v) is 3.19. The molecule has 0 saturated heterocycles. The van der Waals surface area contributed by atoms with E-state index in [1.807, 2.05) is 32.9 Å². The Morgan fingerprint density at radius 3 is 1.71 bits per heavy atom. The van der Waals surface area contributed by atoms with Crippen molar-refractivity contribution in [3.63, 3.8) is 0 Å². The highest BCUT2D eigenvalue weighted by Gasteiger charge is 2.22. The molecule has 0 atom stereocenters. The number of carbonyl (C=O) groups excluding carboxylic acids is 1. The minimum absolute atomic E-state index is 0.0271. The molecule has 110 valence electrons. The molecule has 0 aromatic heterocycles. The van der Waals surface area contributed by atoms with Crippen LogP contribution in [0.1, 0.15) is 49.3 Å². The molecule has 0 aliphatic rings. The summed E-state index contributed by atoms with van der Waals surface area (Å²) in [7, 11) is 0. The summed E-state index contributed by atoms with van der Waals surface area (Å²) < 4.78 is 0. The van der Waals surface area contributed by atoms with Crippen LogP contribution < -0.4 is 0 Å². The number of aryl methyl sites for hydroxylation is 1. The topological polar surface area (TPSA) is 17.1 Å². The second-order valence-corrected chi connectivity index (χ2v) is 6.17. The average molecular weight is 301 g/mol.